The summed E-state index contributed by atoms with van der Waals surface area (Å²) in [6.07, 6.45) is 3.74. The Bertz CT molecular complexity index is 618. The van der Waals surface area contributed by atoms with Gasteiger partial charge in [0, 0.05) is 18.7 Å². The monoisotopic (exact) mass is 343 g/mol. The molecule has 0 unspecified atom stereocenters. The van der Waals surface area contributed by atoms with E-state index in [4.69, 9.17) is 0 Å². The molecule has 25 heavy (non-hydrogen) atoms. The van der Waals surface area contributed by atoms with Crippen molar-refractivity contribution in [2.24, 2.45) is 5.41 Å². The van der Waals surface area contributed by atoms with Gasteiger partial charge < -0.3 is 10.6 Å². The predicted octanol–water partition coefficient (Wildman–Crippen LogP) is 2.74. The molecule has 0 radical (unpaired) electrons. The van der Waals surface area contributed by atoms with Crippen molar-refractivity contribution in [3.63, 3.8) is 0 Å². The fraction of sp³-hybridized carbons (Fsp3) is 0.600. The number of piperidine rings is 1. The van der Waals surface area contributed by atoms with Crippen LogP contribution in [0.2, 0.25) is 0 Å². The van der Waals surface area contributed by atoms with Crippen molar-refractivity contribution in [2.75, 3.05) is 31.5 Å². The van der Waals surface area contributed by atoms with Gasteiger partial charge in [-0.05, 0) is 61.4 Å². The number of rotatable bonds is 5. The maximum atomic E-state index is 12.3. The van der Waals surface area contributed by atoms with Gasteiger partial charge in [0.25, 0.3) is 0 Å². The first-order valence-electron chi connectivity index (χ1n) is 9.38. The van der Waals surface area contributed by atoms with Crippen molar-refractivity contribution in [3.8, 4) is 0 Å². The predicted molar refractivity (Wildman–Crippen MR) is 99.5 cm³/mol. The van der Waals surface area contributed by atoms with Gasteiger partial charge in [0.1, 0.15) is 0 Å². The Balaban J connectivity index is 1.46. The summed E-state index contributed by atoms with van der Waals surface area (Å²) in [7, 11) is 0. The molecule has 5 heteroatoms. The van der Waals surface area contributed by atoms with Gasteiger partial charge in [-0.2, -0.15) is 0 Å². The molecular formula is C20H29N3O2. The Morgan fingerprint density at radius 2 is 1.96 bits per heavy atom. The highest BCUT2D eigenvalue weighted by Gasteiger charge is 2.40. The van der Waals surface area contributed by atoms with Crippen LogP contribution in [0.5, 0.6) is 0 Å². The van der Waals surface area contributed by atoms with Crippen molar-refractivity contribution in [3.05, 3.63) is 29.8 Å². The molecule has 2 heterocycles. The summed E-state index contributed by atoms with van der Waals surface area (Å²) >= 11 is 0. The van der Waals surface area contributed by atoms with Gasteiger partial charge in [-0.1, -0.05) is 26.0 Å². The molecule has 2 aliphatic rings. The molecule has 3 rings (SSSR count). The Labute approximate surface area is 150 Å². The van der Waals surface area contributed by atoms with E-state index in [1.807, 2.05) is 12.1 Å². The number of amides is 2. The lowest BCUT2D eigenvalue weighted by Crippen LogP contribution is -2.44. The zero-order valence-corrected chi connectivity index (χ0v) is 15.3. The summed E-state index contributed by atoms with van der Waals surface area (Å²) in [4.78, 5) is 26.0. The highest BCUT2D eigenvalue weighted by Crippen LogP contribution is 2.37. The minimum absolute atomic E-state index is 0.0351. The smallest absolute Gasteiger partial charge is 0.238 e. The second-order valence-electron chi connectivity index (χ2n) is 7.71. The number of anilines is 1. The van der Waals surface area contributed by atoms with E-state index >= 15 is 0 Å². The first-order chi connectivity index (χ1) is 12.0. The van der Waals surface area contributed by atoms with E-state index in [1.165, 1.54) is 5.56 Å². The van der Waals surface area contributed by atoms with Crippen molar-refractivity contribution >= 4 is 17.5 Å². The number of nitrogens with zero attached hydrogens (tertiary/aromatic N) is 1. The Morgan fingerprint density at radius 3 is 2.52 bits per heavy atom. The third kappa shape index (κ3) is 4.40. The molecule has 1 spiro atoms. The molecule has 1 aromatic carbocycles. The van der Waals surface area contributed by atoms with Crippen LogP contribution in [-0.2, 0) is 9.59 Å². The quantitative estimate of drug-likeness (QED) is 0.864. The van der Waals surface area contributed by atoms with Gasteiger partial charge in [0.2, 0.25) is 11.8 Å². The topological polar surface area (TPSA) is 61.4 Å². The van der Waals surface area contributed by atoms with Crippen LogP contribution in [0.3, 0.4) is 0 Å². The standard InChI is InChI=1S/C20H29N3O2/c1-3-15(2)16-4-6-17(7-5-16)22-19(25)13-23-10-8-20(9-11-23)12-18(24)21-14-20/h4-7,15H,3,8-14H2,1-2H3,(H,21,24)(H,22,25)/t15-/m0/s1. The van der Waals surface area contributed by atoms with E-state index in [0.717, 1.165) is 44.6 Å². The van der Waals surface area contributed by atoms with E-state index in [9.17, 15) is 9.59 Å². The summed E-state index contributed by atoms with van der Waals surface area (Å²) in [6.45, 7) is 7.38. The molecule has 136 valence electrons. The second kappa shape index (κ2) is 7.56. The van der Waals surface area contributed by atoms with Crippen LogP contribution in [0.15, 0.2) is 24.3 Å². The Kier molecular flexibility index (Phi) is 5.42. The van der Waals surface area contributed by atoms with Crippen LogP contribution >= 0.6 is 0 Å². The average Bonchev–Trinajstić information content (AvgIpc) is 2.97. The van der Waals surface area contributed by atoms with Crippen molar-refractivity contribution in [1.82, 2.24) is 10.2 Å². The molecule has 1 aromatic rings. The molecule has 2 fully saturated rings. The van der Waals surface area contributed by atoms with Crippen molar-refractivity contribution in [2.45, 2.75) is 45.4 Å². The number of hydrogen-bond acceptors (Lipinski definition) is 3. The van der Waals surface area contributed by atoms with Crippen molar-refractivity contribution in [1.29, 1.82) is 0 Å². The van der Waals surface area contributed by atoms with E-state index in [0.29, 0.717) is 18.9 Å². The van der Waals surface area contributed by atoms with Gasteiger partial charge in [0.15, 0.2) is 0 Å². The fourth-order valence-electron chi connectivity index (χ4n) is 3.83. The molecule has 2 amide bonds. The largest absolute Gasteiger partial charge is 0.356 e. The summed E-state index contributed by atoms with van der Waals surface area (Å²) < 4.78 is 0. The van der Waals surface area contributed by atoms with Gasteiger partial charge in [-0.25, -0.2) is 0 Å². The SMILES string of the molecule is CC[C@H](C)c1ccc(NC(=O)CN2CCC3(CC2)CNC(=O)C3)cc1. The summed E-state index contributed by atoms with van der Waals surface area (Å²) in [6, 6.07) is 8.16. The minimum atomic E-state index is 0.0351. The maximum absolute atomic E-state index is 12.3. The number of carbonyl (C=O) groups is 2. The number of hydrogen-bond donors (Lipinski definition) is 2. The zero-order valence-electron chi connectivity index (χ0n) is 15.3. The molecule has 0 aliphatic carbocycles. The summed E-state index contributed by atoms with van der Waals surface area (Å²) in [5, 5.41) is 5.94. The third-order valence-corrected chi connectivity index (χ3v) is 5.86. The van der Waals surface area contributed by atoms with E-state index < -0.39 is 0 Å². The van der Waals surface area contributed by atoms with Gasteiger partial charge in [0.05, 0.1) is 6.54 Å². The number of carbonyl (C=O) groups excluding carboxylic acids is 2. The third-order valence-electron chi connectivity index (χ3n) is 5.86. The van der Waals surface area contributed by atoms with Gasteiger partial charge in [-0.3, -0.25) is 14.5 Å². The van der Waals surface area contributed by atoms with Crippen LogP contribution in [0, 0.1) is 5.41 Å². The van der Waals surface area contributed by atoms with Crippen molar-refractivity contribution < 1.29 is 9.59 Å². The van der Waals surface area contributed by atoms with Crippen LogP contribution in [-0.4, -0.2) is 42.9 Å². The lowest BCUT2D eigenvalue weighted by molar-refractivity contribution is -0.120. The first-order valence-corrected chi connectivity index (χ1v) is 9.38. The lowest BCUT2D eigenvalue weighted by atomic mass is 9.78. The number of likely N-dealkylation sites (tertiary alicyclic amines) is 1. The minimum Gasteiger partial charge on any atom is -0.356 e. The molecule has 5 nitrogen and oxygen atoms in total. The van der Waals surface area contributed by atoms with Crippen LogP contribution < -0.4 is 10.6 Å². The highest BCUT2D eigenvalue weighted by atomic mass is 16.2. The fourth-order valence-corrected chi connectivity index (χ4v) is 3.83. The molecule has 2 N–H and O–H groups in total. The average molecular weight is 343 g/mol. The number of benzene rings is 1. The Hall–Kier alpha value is -1.88. The van der Waals surface area contributed by atoms with Gasteiger partial charge >= 0.3 is 0 Å². The molecule has 1 atom stereocenters. The molecule has 0 aromatic heterocycles. The van der Waals surface area contributed by atoms with E-state index in [1.54, 1.807) is 0 Å². The zero-order chi connectivity index (χ0) is 17.9. The van der Waals surface area contributed by atoms with E-state index in [-0.39, 0.29) is 17.2 Å². The normalized spacial score (nSPS) is 21.1. The highest BCUT2D eigenvalue weighted by molar-refractivity contribution is 5.92. The molecule has 2 saturated heterocycles. The molecule has 0 bridgehead atoms. The summed E-state index contributed by atoms with van der Waals surface area (Å²) in [5.41, 5.74) is 2.30. The van der Waals surface area contributed by atoms with Crippen LogP contribution in [0.4, 0.5) is 5.69 Å². The van der Waals surface area contributed by atoms with Crippen LogP contribution in [0.25, 0.3) is 0 Å². The Morgan fingerprint density at radius 1 is 1.28 bits per heavy atom. The second-order valence-corrected chi connectivity index (χ2v) is 7.71. The first kappa shape index (κ1) is 17.9. The lowest BCUT2D eigenvalue weighted by Gasteiger charge is -2.37. The molecular weight excluding hydrogens is 314 g/mol. The number of nitrogens with one attached hydrogen (secondary N) is 2. The molecule has 2 aliphatic heterocycles. The summed E-state index contributed by atoms with van der Waals surface area (Å²) in [5.74, 6) is 0.752. The van der Waals surface area contributed by atoms with Crippen LogP contribution in [0.1, 0.15) is 51.0 Å². The molecule has 0 saturated carbocycles. The van der Waals surface area contributed by atoms with E-state index in [2.05, 4.69) is 41.5 Å². The maximum Gasteiger partial charge on any atom is 0.238 e. The van der Waals surface area contributed by atoms with Gasteiger partial charge in [-0.15, -0.1) is 0 Å².